The van der Waals surface area contributed by atoms with Crippen molar-refractivity contribution in [1.82, 2.24) is 42.7 Å². The molecule has 10 atom stereocenters. The highest BCUT2D eigenvalue weighted by Gasteiger charge is 2.44. The number of alkyl halides is 1. The summed E-state index contributed by atoms with van der Waals surface area (Å²) in [5.74, 6) is 3.27. The summed E-state index contributed by atoms with van der Waals surface area (Å²) in [5.41, 5.74) is 8.06. The number of nitrogens with one attached hydrogen (secondary N) is 3. The third kappa shape index (κ3) is 27.8. The summed E-state index contributed by atoms with van der Waals surface area (Å²) < 4.78 is 58.8. The number of hydrogen-bond acceptors (Lipinski definition) is 31. The Morgan fingerprint density at radius 1 is 0.461 bits per heavy atom. The first-order valence-corrected chi connectivity index (χ1v) is 54.3. The fourth-order valence-electron chi connectivity index (χ4n) is 17.9. The van der Waals surface area contributed by atoms with E-state index in [9.17, 15) is 29.7 Å². The van der Waals surface area contributed by atoms with Gasteiger partial charge in [0.2, 0.25) is 0 Å². The third-order valence-corrected chi connectivity index (χ3v) is 34.1. The first kappa shape index (κ1) is 112. The Hall–Kier alpha value is -8.94. The Morgan fingerprint density at radius 2 is 0.794 bits per heavy atom. The van der Waals surface area contributed by atoms with Gasteiger partial charge in [-0.3, -0.25) is 13.7 Å². The Bertz CT molecular complexity index is 5550. The van der Waals surface area contributed by atoms with Crippen LogP contribution in [0.3, 0.4) is 0 Å². The monoisotopic (exact) mass is 2050 g/mol. The van der Waals surface area contributed by atoms with E-state index in [1.54, 1.807) is 54.7 Å². The van der Waals surface area contributed by atoms with E-state index in [4.69, 9.17) is 59.4 Å². The molecule has 1 unspecified atom stereocenters. The molecule has 0 aliphatic carbocycles. The number of rotatable bonds is 37. The molecule has 15 rings (SSSR count). The molecule has 0 radical (unpaired) electrons. The number of hydrogen-bond donors (Lipinski definition) is 6. The largest absolute Gasteiger partial charge is 0.497 e. The first-order chi connectivity index (χ1) is 67.7. The molecule has 6 aromatic carbocycles. The minimum atomic E-state index is -1.42. The van der Waals surface area contributed by atoms with Gasteiger partial charge >= 0.3 is 17.1 Å². The lowest BCUT2D eigenvalue weighted by molar-refractivity contribution is -0.0460. The van der Waals surface area contributed by atoms with Crippen LogP contribution in [0.15, 0.2) is 196 Å². The molecule has 764 valence electrons. The molecular formula is C104H144ClN17O14P2S3. The number of nitrogens with zero attached hydrogens (tertiary/aromatic N) is 14. The molecule has 9 aromatic rings. The zero-order valence-corrected chi connectivity index (χ0v) is 90.5. The van der Waals surface area contributed by atoms with E-state index in [-0.39, 0.29) is 54.8 Å². The molecular weight excluding hydrogens is 1900 g/mol. The van der Waals surface area contributed by atoms with Crippen LogP contribution < -0.4 is 57.2 Å². The number of fused-ring (bicyclic) bond motifs is 6. The molecule has 9 heterocycles. The minimum Gasteiger partial charge on any atom is -0.497 e. The lowest BCUT2D eigenvalue weighted by Gasteiger charge is -2.45. The molecule has 0 bridgehead atoms. The van der Waals surface area contributed by atoms with Gasteiger partial charge in [0, 0.05) is 145 Å². The summed E-state index contributed by atoms with van der Waals surface area (Å²) in [6, 6.07) is 51.1. The van der Waals surface area contributed by atoms with Gasteiger partial charge in [0.15, 0.2) is 25.9 Å². The van der Waals surface area contributed by atoms with Crippen molar-refractivity contribution in [1.29, 1.82) is 10.5 Å². The summed E-state index contributed by atoms with van der Waals surface area (Å²) in [6.07, 6.45) is 4.37. The third-order valence-electron chi connectivity index (χ3n) is 24.9. The number of nitriles is 2. The van der Waals surface area contributed by atoms with Crippen LogP contribution in [0.5, 0.6) is 11.5 Å². The van der Waals surface area contributed by atoms with Crippen LogP contribution in [0.1, 0.15) is 219 Å². The molecule has 31 nitrogen and oxygen atoms in total. The van der Waals surface area contributed by atoms with Crippen molar-refractivity contribution in [2.75, 3.05) is 104 Å². The van der Waals surface area contributed by atoms with Crippen molar-refractivity contribution in [3.8, 4) is 23.6 Å². The van der Waals surface area contributed by atoms with Crippen molar-refractivity contribution >= 4 is 115 Å². The van der Waals surface area contributed by atoms with E-state index >= 15 is 0 Å². The molecule has 3 fully saturated rings. The van der Waals surface area contributed by atoms with E-state index in [2.05, 4.69) is 258 Å². The molecule has 6 aliphatic rings. The van der Waals surface area contributed by atoms with Gasteiger partial charge in [-0.25, -0.2) is 28.4 Å². The van der Waals surface area contributed by atoms with Crippen LogP contribution in [0, 0.1) is 22.7 Å². The van der Waals surface area contributed by atoms with Crippen molar-refractivity contribution in [3.05, 3.63) is 200 Å². The van der Waals surface area contributed by atoms with Gasteiger partial charge in [-0.05, 0) is 233 Å². The second-order valence-electron chi connectivity index (χ2n) is 36.2. The summed E-state index contributed by atoms with van der Waals surface area (Å²) >= 11 is 11.9. The van der Waals surface area contributed by atoms with E-state index in [1.807, 2.05) is 92.0 Å². The predicted octanol–water partition coefficient (Wildman–Crippen LogP) is 21.6. The smallest absolute Gasteiger partial charge is 0.351 e. The molecule has 0 saturated carbocycles. The zero-order chi connectivity index (χ0) is 102. The maximum Gasteiger partial charge on any atom is 0.351 e. The number of anilines is 9. The van der Waals surface area contributed by atoms with Crippen LogP contribution >= 0.6 is 63.9 Å². The van der Waals surface area contributed by atoms with Gasteiger partial charge in [0.25, 0.3) is 8.53 Å². The summed E-state index contributed by atoms with van der Waals surface area (Å²) in [7, 11) is 1.05. The number of aliphatic hydroxyl groups excluding tert-OH is 3. The van der Waals surface area contributed by atoms with Gasteiger partial charge in [-0.1, -0.05) is 104 Å². The lowest BCUT2D eigenvalue weighted by Crippen LogP contribution is -2.43. The van der Waals surface area contributed by atoms with Crippen molar-refractivity contribution in [2.24, 2.45) is 0 Å². The number of aromatic nitrogens is 6. The summed E-state index contributed by atoms with van der Waals surface area (Å²) in [4.78, 5) is 63.1. The number of benzene rings is 6. The van der Waals surface area contributed by atoms with Crippen LogP contribution in [0.2, 0.25) is 0 Å². The Balaban J connectivity index is 0.000000172. The van der Waals surface area contributed by atoms with E-state index in [0.717, 1.165) is 137 Å². The highest BCUT2D eigenvalue weighted by molar-refractivity contribution is 8.00. The molecule has 3 saturated heterocycles. The normalized spacial score (nSPS) is 18.8. The molecule has 3 aromatic heterocycles. The molecule has 6 N–H and O–H groups in total. The molecule has 0 spiro atoms. The van der Waals surface area contributed by atoms with Gasteiger partial charge in [0.1, 0.15) is 41.2 Å². The highest BCUT2D eigenvalue weighted by Crippen LogP contribution is 2.55. The predicted molar refractivity (Wildman–Crippen MR) is 569 cm³/mol. The zero-order valence-electron chi connectivity index (χ0n) is 85.5. The fourth-order valence-corrected chi connectivity index (χ4v) is 25.3. The SMILES string of the molecule is CC(C)N(C(C)C)P(OCCC#N)N(C(C)C)C(C)C.CCN(CC)c1ccc2c(c1)Nc1nc(=O)n([C@H]3C[C@@H](O)[C@@H](CO)O3)cc1S2.CC[C@H]1O[C@@H](n2cc3c(nc2=O)Nc2cc(N(CC)CC)ccc2S3)C[C@H]1O.CC[C@H]1O[C@@H](n2cc3c(nc2=O)Nc2cc(N(CC)CC)ccc2S3)C[C@H]1OP(OCCC#N)N(C(C)C)C(C)C.COc1ccc(C(Cl)(c2ccccc2)c2ccc(OC)cc2)cc1. The summed E-state index contributed by atoms with van der Waals surface area (Å²) in [6.45, 7) is 49.0. The second-order valence-corrected chi connectivity index (χ2v) is 43.1. The Morgan fingerprint density at radius 3 is 1.11 bits per heavy atom. The Kier molecular flexibility index (Phi) is 42.4. The summed E-state index contributed by atoms with van der Waals surface area (Å²) in [5, 5.41) is 57.1. The van der Waals surface area contributed by atoms with Crippen LogP contribution in [0.25, 0.3) is 0 Å². The number of methoxy groups -OCH3 is 2. The number of ether oxygens (including phenoxy) is 5. The van der Waals surface area contributed by atoms with E-state index in [1.165, 1.54) is 20.9 Å². The second kappa shape index (κ2) is 53.2. The van der Waals surface area contributed by atoms with Crippen molar-refractivity contribution < 1.29 is 52.6 Å². The van der Waals surface area contributed by atoms with E-state index in [0.29, 0.717) is 86.9 Å². The maximum absolute atomic E-state index is 13.3. The van der Waals surface area contributed by atoms with Gasteiger partial charge in [0.05, 0.1) is 121 Å². The lowest BCUT2D eigenvalue weighted by atomic mass is 9.84. The van der Waals surface area contributed by atoms with Crippen LogP contribution in [0.4, 0.5) is 51.6 Å². The molecule has 0 amide bonds. The first-order valence-electron chi connectivity index (χ1n) is 49.2. The fraction of sp³-hybridized carbons (Fsp3) is 0.519. The van der Waals surface area contributed by atoms with E-state index < -0.39 is 64.5 Å². The number of halogens is 1. The average molecular weight is 2050 g/mol. The van der Waals surface area contributed by atoms with Crippen LogP contribution in [-0.2, 0) is 32.7 Å². The minimum absolute atomic E-state index is 0.196. The molecule has 141 heavy (non-hydrogen) atoms. The van der Waals surface area contributed by atoms with Gasteiger partial charge < -0.3 is 83.2 Å². The van der Waals surface area contributed by atoms with Gasteiger partial charge in [-0.2, -0.15) is 25.5 Å². The maximum atomic E-state index is 13.3. The standard InChI is InChI=1S/C29H43N6O4PS.C21H19ClO2.C20H26N4O3S.C19H24N4O4S.C15H32N3OP/c1-8-23-24(39-40(37-15-11-14-30)35(19(4)5)20(6)7)17-27(38-23)34-18-26-28(32-29(34)36)31-22-16-21(33(9-2)10-3)12-13-25(22)41-26;1-23-19-12-8-17(9-13-19)21(22,16-6-4-3-5-7-16)18-10-14-20(24-2)15-11-18;1-4-15-14(25)10-18(27-15)24-11-17-19(22-20(24)26)21-13-9-12(23(5-2)6-3)7-8-16(13)28-17;1-3-22(4-2)11-5-6-15-12(7-11)20-18-16(28-15)9-23(19(26)21-18)17-8-13(25)14(10-24)27-17;1-12(2)17(13(3)4)20(19-11-9-10-16)18(14(5)6)15(7)8/h12-13,16,18-20,23-24,27H,8-11,15,17H2,1-7H3,(H,31,32,36);3-15H,1-2H3;7-9,11,14-15,18,25H,4-6,10H2,1-3H3,(H,21,22,26);5-7,9,13-14,17,24-25H,3-4,8,10H2,1-2H3,(H,20,21,26);12-15H,9,11H2,1-8H3/t23-,24-,27-,40?;;14-,15-,18-;13-,14-,17-;/m1.11./s1. The molecule has 37 heteroatoms. The van der Waals surface area contributed by atoms with Crippen molar-refractivity contribution in [2.45, 2.75) is 309 Å². The van der Waals surface area contributed by atoms with Gasteiger partial charge in [-0.15, -0.1) is 11.6 Å². The molecule has 6 aliphatic heterocycles. The average Bonchev–Trinajstić information content (AvgIpc) is 0.811. The highest BCUT2D eigenvalue weighted by atomic mass is 35.5. The topological polar surface area (TPSA) is 342 Å². The van der Waals surface area contributed by atoms with Crippen LogP contribution in [-0.4, -0.2) is 204 Å². The van der Waals surface area contributed by atoms with Crippen molar-refractivity contribution in [3.63, 3.8) is 0 Å². The quantitative estimate of drug-likeness (QED) is 0.00911. The Labute approximate surface area is 852 Å². The number of aliphatic hydroxyl groups is 3.